The second kappa shape index (κ2) is 4.37. The van der Waals surface area contributed by atoms with E-state index in [0.717, 1.165) is 10.7 Å². The monoisotopic (exact) mass is 199 g/mol. The molecule has 0 aliphatic carbocycles. The van der Waals surface area contributed by atoms with E-state index in [1.54, 1.807) is 0 Å². The van der Waals surface area contributed by atoms with Gasteiger partial charge >= 0.3 is 0 Å². The van der Waals surface area contributed by atoms with Crippen LogP contribution in [0.5, 0.6) is 0 Å². The lowest BCUT2D eigenvalue weighted by Gasteiger charge is -2.04. The molecule has 0 aliphatic heterocycles. The largest absolute Gasteiger partial charge is 0.457 e. The first kappa shape index (κ1) is 10.2. The van der Waals surface area contributed by atoms with Crippen molar-refractivity contribution in [2.75, 3.05) is 0 Å². The first-order chi connectivity index (χ1) is 6.15. The number of nitrogens with zero attached hydrogens (tertiary/aromatic N) is 1. The fourth-order valence-electron chi connectivity index (χ4n) is 0.894. The molecule has 0 aliphatic rings. The molecule has 13 heavy (non-hydrogen) atoms. The molecule has 4 heteroatoms. The van der Waals surface area contributed by atoms with Crippen molar-refractivity contribution >= 4 is 17.8 Å². The van der Waals surface area contributed by atoms with Crippen LogP contribution in [0.3, 0.4) is 0 Å². The van der Waals surface area contributed by atoms with Crippen LogP contribution in [0.4, 0.5) is 0 Å². The van der Waals surface area contributed by atoms with Gasteiger partial charge in [0.2, 0.25) is 0 Å². The summed E-state index contributed by atoms with van der Waals surface area (Å²) in [4.78, 5) is 14.4. The lowest BCUT2D eigenvalue weighted by Crippen LogP contribution is -1.98. The summed E-state index contributed by atoms with van der Waals surface area (Å²) < 4.78 is 4.79. The van der Waals surface area contributed by atoms with Crippen LogP contribution in [-0.2, 0) is 9.53 Å². The zero-order valence-corrected chi connectivity index (χ0v) is 8.80. The first-order valence-corrected chi connectivity index (χ1v) is 5.07. The number of thiazole rings is 1. The van der Waals surface area contributed by atoms with Gasteiger partial charge < -0.3 is 4.74 Å². The van der Waals surface area contributed by atoms with Crippen molar-refractivity contribution < 1.29 is 9.53 Å². The smallest absolute Gasteiger partial charge is 0.293 e. The summed E-state index contributed by atoms with van der Waals surface area (Å²) in [6.45, 7) is 6.45. The number of hydrogen-bond acceptors (Lipinski definition) is 4. The summed E-state index contributed by atoms with van der Waals surface area (Å²) in [6, 6.07) is 0. The minimum Gasteiger partial charge on any atom is -0.457 e. The maximum Gasteiger partial charge on any atom is 0.293 e. The number of hydrogen-bond donors (Lipinski definition) is 0. The van der Waals surface area contributed by atoms with Gasteiger partial charge in [-0.05, 0) is 12.8 Å². The molecule has 0 N–H and O–H groups in total. The molecule has 0 bridgehead atoms. The summed E-state index contributed by atoms with van der Waals surface area (Å²) in [6.07, 6.45) is -0.227. The van der Waals surface area contributed by atoms with Gasteiger partial charge in [-0.2, -0.15) is 0 Å². The summed E-state index contributed by atoms with van der Waals surface area (Å²) in [7, 11) is 0. The van der Waals surface area contributed by atoms with Gasteiger partial charge in [-0.15, -0.1) is 11.3 Å². The Labute approximate surface area is 81.8 Å². The van der Waals surface area contributed by atoms with Crippen LogP contribution in [0.2, 0.25) is 0 Å². The molecule has 1 aromatic heterocycles. The summed E-state index contributed by atoms with van der Waals surface area (Å²) in [5.41, 5.74) is 1.06. The molecule has 1 atom stereocenters. The molecule has 72 valence electrons. The lowest BCUT2D eigenvalue weighted by molar-refractivity contribution is -0.133. The van der Waals surface area contributed by atoms with Gasteiger partial charge in [0.1, 0.15) is 11.1 Å². The molecule has 0 aromatic carbocycles. The Morgan fingerprint density at radius 1 is 1.54 bits per heavy atom. The van der Waals surface area contributed by atoms with Crippen LogP contribution in [0.15, 0.2) is 5.38 Å². The van der Waals surface area contributed by atoms with Gasteiger partial charge in [0.15, 0.2) is 0 Å². The first-order valence-electron chi connectivity index (χ1n) is 4.19. The van der Waals surface area contributed by atoms with Crippen molar-refractivity contribution in [1.82, 2.24) is 4.98 Å². The highest BCUT2D eigenvalue weighted by atomic mass is 32.1. The molecule has 0 amide bonds. The standard InChI is InChI=1S/C9H13NO2S/c1-6(2)8-4-13-9(10-8)7(3)12-5-11/h4-7H,1-3H3. The quantitative estimate of drug-likeness (QED) is 0.699. The van der Waals surface area contributed by atoms with E-state index in [1.165, 1.54) is 11.3 Å². The average Bonchev–Trinajstić information content (AvgIpc) is 2.52. The highest BCUT2D eigenvalue weighted by Crippen LogP contribution is 2.23. The van der Waals surface area contributed by atoms with Crippen LogP contribution in [0.25, 0.3) is 0 Å². The second-order valence-corrected chi connectivity index (χ2v) is 4.03. The Kier molecular flexibility index (Phi) is 3.42. The third kappa shape index (κ3) is 2.52. The van der Waals surface area contributed by atoms with E-state index in [9.17, 15) is 4.79 Å². The van der Waals surface area contributed by atoms with Crippen LogP contribution in [0.1, 0.15) is 43.5 Å². The molecule has 1 heterocycles. The molecular weight excluding hydrogens is 186 g/mol. The lowest BCUT2D eigenvalue weighted by atomic mass is 10.2. The third-order valence-corrected chi connectivity index (χ3v) is 2.76. The minimum atomic E-state index is -0.227. The normalized spacial score (nSPS) is 12.9. The average molecular weight is 199 g/mol. The van der Waals surface area contributed by atoms with Gasteiger partial charge in [-0.1, -0.05) is 13.8 Å². The highest BCUT2D eigenvalue weighted by Gasteiger charge is 2.12. The van der Waals surface area contributed by atoms with E-state index in [1.807, 2.05) is 12.3 Å². The Bertz CT molecular complexity index is 283. The van der Waals surface area contributed by atoms with Crippen LogP contribution < -0.4 is 0 Å². The van der Waals surface area contributed by atoms with E-state index < -0.39 is 0 Å². The van der Waals surface area contributed by atoms with Gasteiger partial charge in [0.25, 0.3) is 6.47 Å². The van der Waals surface area contributed by atoms with E-state index >= 15 is 0 Å². The number of carbonyl (C=O) groups excluding carboxylic acids is 1. The molecule has 0 spiro atoms. The topological polar surface area (TPSA) is 39.2 Å². The van der Waals surface area contributed by atoms with E-state index in [0.29, 0.717) is 12.4 Å². The predicted molar refractivity (Wildman–Crippen MR) is 51.8 cm³/mol. The van der Waals surface area contributed by atoms with Crippen molar-refractivity contribution in [3.8, 4) is 0 Å². The van der Waals surface area contributed by atoms with Crippen molar-refractivity contribution in [2.24, 2.45) is 0 Å². The van der Waals surface area contributed by atoms with Crippen LogP contribution >= 0.6 is 11.3 Å². The van der Waals surface area contributed by atoms with Crippen molar-refractivity contribution in [1.29, 1.82) is 0 Å². The number of rotatable bonds is 4. The van der Waals surface area contributed by atoms with Gasteiger partial charge in [-0.3, -0.25) is 4.79 Å². The Balaban J connectivity index is 2.73. The molecule has 0 saturated carbocycles. The SMILES string of the molecule is CC(C)c1csc(C(C)OC=O)n1. The van der Waals surface area contributed by atoms with E-state index in [-0.39, 0.29) is 6.10 Å². The van der Waals surface area contributed by atoms with Gasteiger partial charge in [0.05, 0.1) is 5.69 Å². The Morgan fingerprint density at radius 2 is 2.23 bits per heavy atom. The molecule has 1 unspecified atom stereocenters. The summed E-state index contributed by atoms with van der Waals surface area (Å²) in [5.74, 6) is 0.424. The zero-order valence-electron chi connectivity index (χ0n) is 7.98. The highest BCUT2D eigenvalue weighted by molar-refractivity contribution is 7.09. The van der Waals surface area contributed by atoms with E-state index in [4.69, 9.17) is 4.74 Å². The van der Waals surface area contributed by atoms with Gasteiger partial charge in [0, 0.05) is 5.38 Å². The molecular formula is C9H13NO2S. The second-order valence-electron chi connectivity index (χ2n) is 3.14. The maximum absolute atomic E-state index is 10.1. The predicted octanol–water partition coefficient (Wildman–Crippen LogP) is 2.50. The maximum atomic E-state index is 10.1. The zero-order chi connectivity index (χ0) is 9.84. The molecule has 1 rings (SSSR count). The van der Waals surface area contributed by atoms with Crippen molar-refractivity contribution in [2.45, 2.75) is 32.8 Å². The Hall–Kier alpha value is -0.900. The third-order valence-electron chi connectivity index (χ3n) is 1.74. The summed E-state index contributed by atoms with van der Waals surface area (Å²) >= 11 is 1.53. The molecule has 3 nitrogen and oxygen atoms in total. The molecule has 0 radical (unpaired) electrons. The van der Waals surface area contributed by atoms with Crippen LogP contribution in [-0.4, -0.2) is 11.5 Å². The van der Waals surface area contributed by atoms with Crippen LogP contribution in [0, 0.1) is 0 Å². The minimum absolute atomic E-state index is 0.227. The number of ether oxygens (including phenoxy) is 1. The number of aromatic nitrogens is 1. The summed E-state index contributed by atoms with van der Waals surface area (Å²) in [5, 5.41) is 2.86. The van der Waals surface area contributed by atoms with E-state index in [2.05, 4.69) is 18.8 Å². The molecule has 1 aromatic rings. The van der Waals surface area contributed by atoms with Gasteiger partial charge in [-0.25, -0.2) is 4.98 Å². The fraction of sp³-hybridized carbons (Fsp3) is 0.556. The Morgan fingerprint density at radius 3 is 2.69 bits per heavy atom. The molecule has 0 saturated heterocycles. The van der Waals surface area contributed by atoms with Crippen molar-refractivity contribution in [3.05, 3.63) is 16.1 Å². The fourth-order valence-corrected chi connectivity index (χ4v) is 1.87. The molecule has 0 fully saturated rings. The van der Waals surface area contributed by atoms with Crippen molar-refractivity contribution in [3.63, 3.8) is 0 Å². The number of carbonyl (C=O) groups is 1.